The van der Waals surface area contributed by atoms with Crippen molar-refractivity contribution in [3.63, 3.8) is 0 Å². The molecule has 22 heavy (non-hydrogen) atoms. The fourth-order valence-electron chi connectivity index (χ4n) is 1.79. The number of halogens is 1. The van der Waals surface area contributed by atoms with E-state index < -0.39 is 0 Å². The van der Waals surface area contributed by atoms with Gasteiger partial charge in [-0.25, -0.2) is 9.97 Å². The molecule has 5 nitrogen and oxygen atoms in total. The van der Waals surface area contributed by atoms with Gasteiger partial charge in [-0.3, -0.25) is 4.99 Å². The quantitative estimate of drug-likeness (QED) is 0.403. The molecule has 2 heterocycles. The lowest BCUT2D eigenvalue weighted by atomic mass is 10.4. The van der Waals surface area contributed by atoms with Crippen LogP contribution in [-0.2, 0) is 19.4 Å². The number of nitrogens with zero attached hydrogens (tertiary/aromatic N) is 3. The molecule has 2 N–H and O–H groups in total. The van der Waals surface area contributed by atoms with Crippen LogP contribution in [0.4, 0.5) is 0 Å². The fourth-order valence-corrected chi connectivity index (χ4v) is 3.32. The SMILES string of the molecule is CCc1nc(CNC(=NC)NCCc2ncc(C)s2)cs1.I. The van der Waals surface area contributed by atoms with Crippen molar-refractivity contribution in [1.82, 2.24) is 20.6 Å². The summed E-state index contributed by atoms with van der Waals surface area (Å²) in [7, 11) is 1.78. The van der Waals surface area contributed by atoms with Gasteiger partial charge >= 0.3 is 0 Å². The van der Waals surface area contributed by atoms with Crippen LogP contribution in [0, 0.1) is 6.92 Å². The fraction of sp³-hybridized carbons (Fsp3) is 0.500. The Kier molecular flexibility index (Phi) is 8.88. The van der Waals surface area contributed by atoms with E-state index in [-0.39, 0.29) is 24.0 Å². The molecule has 2 aromatic heterocycles. The molecule has 0 aliphatic rings. The Morgan fingerprint density at radius 1 is 1.32 bits per heavy atom. The first-order valence-corrected chi connectivity index (χ1v) is 8.70. The van der Waals surface area contributed by atoms with Crippen LogP contribution in [0.25, 0.3) is 0 Å². The number of thiazole rings is 2. The Hall–Kier alpha value is -0.740. The van der Waals surface area contributed by atoms with Crippen LogP contribution in [-0.4, -0.2) is 29.5 Å². The molecular formula is C14H22IN5S2. The predicted molar refractivity (Wildman–Crippen MR) is 106 cm³/mol. The van der Waals surface area contributed by atoms with Crippen LogP contribution >= 0.6 is 46.7 Å². The van der Waals surface area contributed by atoms with Gasteiger partial charge in [0.25, 0.3) is 0 Å². The molecule has 0 unspecified atom stereocenters. The normalized spacial score (nSPS) is 11.1. The molecule has 8 heteroatoms. The number of aliphatic imine (C=N–C) groups is 1. The minimum absolute atomic E-state index is 0. The zero-order valence-electron chi connectivity index (χ0n) is 13.0. The second kappa shape index (κ2) is 10.1. The van der Waals surface area contributed by atoms with Crippen LogP contribution in [0.3, 0.4) is 0 Å². The molecule has 0 aliphatic heterocycles. The van der Waals surface area contributed by atoms with E-state index in [4.69, 9.17) is 0 Å². The molecule has 0 saturated carbocycles. The molecule has 2 rings (SSSR count). The lowest BCUT2D eigenvalue weighted by Crippen LogP contribution is -2.37. The number of aromatic nitrogens is 2. The molecule has 0 fully saturated rings. The van der Waals surface area contributed by atoms with Gasteiger partial charge in [0.2, 0.25) is 0 Å². The summed E-state index contributed by atoms with van der Waals surface area (Å²) in [6.45, 7) is 5.72. The lowest BCUT2D eigenvalue weighted by Gasteiger charge is -2.10. The molecule has 0 amide bonds. The highest BCUT2D eigenvalue weighted by Crippen LogP contribution is 2.11. The Morgan fingerprint density at radius 2 is 2.14 bits per heavy atom. The Bertz CT molecular complexity index is 594. The van der Waals surface area contributed by atoms with Crippen molar-refractivity contribution in [2.75, 3.05) is 13.6 Å². The van der Waals surface area contributed by atoms with Gasteiger partial charge in [-0.2, -0.15) is 0 Å². The van der Waals surface area contributed by atoms with E-state index in [2.05, 4.69) is 44.8 Å². The van der Waals surface area contributed by atoms with Gasteiger partial charge in [0.05, 0.1) is 22.3 Å². The molecule has 0 aliphatic carbocycles. The first-order chi connectivity index (χ1) is 10.2. The summed E-state index contributed by atoms with van der Waals surface area (Å²) in [6.07, 6.45) is 3.82. The third-order valence-electron chi connectivity index (χ3n) is 2.86. The van der Waals surface area contributed by atoms with Crippen molar-refractivity contribution in [3.05, 3.63) is 32.2 Å². The minimum atomic E-state index is 0. The topological polar surface area (TPSA) is 62.2 Å². The van der Waals surface area contributed by atoms with E-state index >= 15 is 0 Å². The molecule has 122 valence electrons. The summed E-state index contributed by atoms with van der Waals surface area (Å²) in [5, 5.41) is 11.0. The molecular weight excluding hydrogens is 429 g/mol. The highest BCUT2D eigenvalue weighted by atomic mass is 127. The zero-order valence-corrected chi connectivity index (χ0v) is 17.0. The van der Waals surface area contributed by atoms with Crippen molar-refractivity contribution < 1.29 is 0 Å². The number of hydrogen-bond acceptors (Lipinski definition) is 5. The van der Waals surface area contributed by atoms with Crippen LogP contribution in [0.1, 0.15) is 27.5 Å². The predicted octanol–water partition coefficient (Wildman–Crippen LogP) is 3.00. The number of rotatable bonds is 6. The summed E-state index contributed by atoms with van der Waals surface area (Å²) in [5.74, 6) is 0.800. The maximum Gasteiger partial charge on any atom is 0.191 e. The Balaban J connectivity index is 0.00000242. The van der Waals surface area contributed by atoms with Crippen LogP contribution < -0.4 is 10.6 Å². The molecule has 0 atom stereocenters. The van der Waals surface area contributed by atoms with E-state index in [1.54, 1.807) is 29.7 Å². The maximum absolute atomic E-state index is 4.53. The summed E-state index contributed by atoms with van der Waals surface area (Å²) in [5.41, 5.74) is 1.07. The van der Waals surface area contributed by atoms with E-state index in [0.717, 1.165) is 36.0 Å². The largest absolute Gasteiger partial charge is 0.356 e. The van der Waals surface area contributed by atoms with E-state index in [0.29, 0.717) is 6.54 Å². The van der Waals surface area contributed by atoms with Gasteiger partial charge in [0.15, 0.2) is 5.96 Å². The van der Waals surface area contributed by atoms with E-state index in [1.807, 2.05) is 6.20 Å². The summed E-state index contributed by atoms with van der Waals surface area (Å²) in [4.78, 5) is 14.4. The highest BCUT2D eigenvalue weighted by Gasteiger charge is 2.03. The van der Waals surface area contributed by atoms with Crippen molar-refractivity contribution in [2.45, 2.75) is 33.2 Å². The Labute approximate surface area is 156 Å². The third-order valence-corrected chi connectivity index (χ3v) is 4.88. The standard InChI is InChI=1S/C14H21N5S2.HI/c1-4-12-19-11(9-20-12)8-18-14(15-3)16-6-5-13-17-7-10(2)21-13;/h7,9H,4-6,8H2,1-3H3,(H2,15,16,18);1H. The third kappa shape index (κ3) is 6.17. The lowest BCUT2D eigenvalue weighted by molar-refractivity contribution is 0.782. The second-order valence-electron chi connectivity index (χ2n) is 4.55. The van der Waals surface area contributed by atoms with Gasteiger partial charge in [-0.15, -0.1) is 46.7 Å². The van der Waals surface area contributed by atoms with Crippen LogP contribution in [0.15, 0.2) is 16.6 Å². The van der Waals surface area contributed by atoms with Gasteiger partial charge in [-0.1, -0.05) is 6.92 Å². The van der Waals surface area contributed by atoms with Gasteiger partial charge in [0, 0.05) is 36.5 Å². The van der Waals surface area contributed by atoms with Crippen molar-refractivity contribution in [2.24, 2.45) is 4.99 Å². The number of aryl methyl sites for hydroxylation is 2. The monoisotopic (exact) mass is 451 g/mol. The van der Waals surface area contributed by atoms with Crippen molar-refractivity contribution in [3.8, 4) is 0 Å². The summed E-state index contributed by atoms with van der Waals surface area (Å²) in [6, 6.07) is 0. The molecule has 0 spiro atoms. The first-order valence-electron chi connectivity index (χ1n) is 7.00. The van der Waals surface area contributed by atoms with Crippen molar-refractivity contribution in [1.29, 1.82) is 0 Å². The maximum atomic E-state index is 4.53. The zero-order chi connectivity index (χ0) is 15.1. The van der Waals surface area contributed by atoms with E-state index in [9.17, 15) is 0 Å². The Morgan fingerprint density at radius 3 is 2.73 bits per heavy atom. The van der Waals surface area contributed by atoms with Crippen LogP contribution in [0.2, 0.25) is 0 Å². The number of hydrogen-bond donors (Lipinski definition) is 2. The highest BCUT2D eigenvalue weighted by molar-refractivity contribution is 14.0. The van der Waals surface area contributed by atoms with Gasteiger partial charge in [-0.05, 0) is 13.3 Å². The number of nitrogens with one attached hydrogen (secondary N) is 2. The molecule has 0 saturated heterocycles. The minimum Gasteiger partial charge on any atom is -0.356 e. The summed E-state index contributed by atoms with van der Waals surface area (Å²) < 4.78 is 0. The van der Waals surface area contributed by atoms with Gasteiger partial charge in [0.1, 0.15) is 0 Å². The summed E-state index contributed by atoms with van der Waals surface area (Å²) >= 11 is 3.45. The average Bonchev–Trinajstić information content (AvgIpc) is 3.11. The average molecular weight is 451 g/mol. The van der Waals surface area contributed by atoms with E-state index in [1.165, 1.54) is 9.88 Å². The van der Waals surface area contributed by atoms with Crippen molar-refractivity contribution >= 4 is 52.6 Å². The number of guanidine groups is 1. The smallest absolute Gasteiger partial charge is 0.191 e. The molecule has 0 bridgehead atoms. The second-order valence-corrected chi connectivity index (χ2v) is 6.82. The van der Waals surface area contributed by atoms with Crippen LogP contribution in [0.5, 0.6) is 0 Å². The molecule has 0 aromatic carbocycles. The first kappa shape index (κ1) is 19.3. The molecule has 0 radical (unpaired) electrons. The van der Waals surface area contributed by atoms with Gasteiger partial charge < -0.3 is 10.6 Å². The molecule has 2 aromatic rings.